The van der Waals surface area contributed by atoms with Gasteiger partial charge in [0.25, 0.3) is 0 Å². The Morgan fingerprint density at radius 1 is 0.852 bits per heavy atom. The number of nitrogen functional groups attached to an aromatic ring is 1. The van der Waals surface area contributed by atoms with Gasteiger partial charge in [0.2, 0.25) is 0 Å². The minimum Gasteiger partial charge on any atom is -0.497 e. The number of benzene rings is 3. The van der Waals surface area contributed by atoms with Gasteiger partial charge in [-0.1, -0.05) is 30.3 Å². The fraction of sp³-hybridized carbons (Fsp3) is 0.182. The van der Waals surface area contributed by atoms with E-state index in [9.17, 15) is 8.78 Å². The lowest BCUT2D eigenvalue weighted by Crippen LogP contribution is -2.26. The van der Waals surface area contributed by atoms with Crippen LogP contribution in [-0.4, -0.2) is 7.11 Å². The highest BCUT2D eigenvalue weighted by atomic mass is 19.2. The van der Waals surface area contributed by atoms with Crippen LogP contribution in [0.3, 0.4) is 0 Å². The topological polar surface area (TPSA) is 47.3 Å². The van der Waals surface area contributed by atoms with E-state index in [0.717, 1.165) is 22.9 Å². The summed E-state index contributed by atoms with van der Waals surface area (Å²) in [5, 5.41) is 3.49. The van der Waals surface area contributed by atoms with Gasteiger partial charge in [-0.3, -0.25) is 5.32 Å². The minimum atomic E-state index is -0.855. The van der Waals surface area contributed by atoms with Gasteiger partial charge in [-0.15, -0.1) is 0 Å². The largest absolute Gasteiger partial charge is 0.497 e. The van der Waals surface area contributed by atoms with Crippen LogP contribution >= 0.6 is 0 Å². The van der Waals surface area contributed by atoms with Crippen molar-refractivity contribution in [2.24, 2.45) is 0 Å². The minimum absolute atomic E-state index is 0.178. The van der Waals surface area contributed by atoms with Crippen LogP contribution in [0.15, 0.2) is 66.7 Å². The third-order valence-electron chi connectivity index (χ3n) is 4.55. The molecule has 2 atom stereocenters. The molecule has 140 valence electrons. The van der Waals surface area contributed by atoms with Crippen LogP contribution in [-0.2, 0) is 0 Å². The molecule has 1 unspecified atom stereocenters. The summed E-state index contributed by atoms with van der Waals surface area (Å²) in [5.41, 5.74) is 9.27. The number of hydrogen-bond acceptors (Lipinski definition) is 3. The second-order valence-corrected chi connectivity index (χ2v) is 6.44. The molecule has 3 rings (SSSR count). The zero-order chi connectivity index (χ0) is 19.4. The fourth-order valence-electron chi connectivity index (χ4n) is 3.05. The van der Waals surface area contributed by atoms with Crippen LogP contribution < -0.4 is 15.8 Å². The second-order valence-electron chi connectivity index (χ2n) is 6.44. The van der Waals surface area contributed by atoms with Crippen LogP contribution in [0.4, 0.5) is 14.5 Å². The maximum Gasteiger partial charge on any atom is 0.159 e. The molecule has 0 bridgehead atoms. The van der Waals surface area contributed by atoms with Crippen LogP contribution in [0.5, 0.6) is 5.75 Å². The molecule has 0 aliphatic heterocycles. The first-order valence-corrected chi connectivity index (χ1v) is 8.68. The van der Waals surface area contributed by atoms with E-state index in [-0.39, 0.29) is 12.1 Å². The lowest BCUT2D eigenvalue weighted by molar-refractivity contribution is 0.414. The van der Waals surface area contributed by atoms with E-state index in [0.29, 0.717) is 11.3 Å². The quantitative estimate of drug-likeness (QED) is 0.602. The van der Waals surface area contributed by atoms with Gasteiger partial charge in [-0.2, -0.15) is 0 Å². The monoisotopic (exact) mass is 368 g/mol. The number of rotatable bonds is 6. The van der Waals surface area contributed by atoms with Crippen LogP contribution in [0, 0.1) is 11.6 Å². The molecule has 0 aromatic heterocycles. The maximum absolute atomic E-state index is 13.6. The van der Waals surface area contributed by atoms with Gasteiger partial charge < -0.3 is 10.5 Å². The number of ether oxygens (including phenoxy) is 1. The van der Waals surface area contributed by atoms with E-state index in [1.165, 1.54) is 6.07 Å². The van der Waals surface area contributed by atoms with Crippen molar-refractivity contribution >= 4 is 5.69 Å². The second kappa shape index (κ2) is 8.18. The van der Waals surface area contributed by atoms with Gasteiger partial charge in [-0.25, -0.2) is 8.78 Å². The summed E-state index contributed by atoms with van der Waals surface area (Å²) < 4.78 is 32.1. The third kappa shape index (κ3) is 4.44. The molecule has 0 amide bonds. The number of anilines is 1. The van der Waals surface area contributed by atoms with Crippen LogP contribution in [0.25, 0.3) is 0 Å². The molecule has 0 fully saturated rings. The van der Waals surface area contributed by atoms with Crippen molar-refractivity contribution in [1.29, 1.82) is 0 Å². The van der Waals surface area contributed by atoms with Gasteiger partial charge in [-0.05, 0) is 60.0 Å². The van der Waals surface area contributed by atoms with Gasteiger partial charge in [0.05, 0.1) is 13.2 Å². The van der Waals surface area contributed by atoms with E-state index >= 15 is 0 Å². The molecule has 5 heteroatoms. The molecular weight excluding hydrogens is 346 g/mol. The SMILES string of the molecule is COc1ccc(C(N[C@@H](C)c2ccc(F)c(F)c2)c2cccc(N)c2)cc1. The highest BCUT2D eigenvalue weighted by molar-refractivity contribution is 5.45. The van der Waals surface area contributed by atoms with E-state index < -0.39 is 11.6 Å². The average molecular weight is 368 g/mol. The van der Waals surface area contributed by atoms with Gasteiger partial charge >= 0.3 is 0 Å². The lowest BCUT2D eigenvalue weighted by Gasteiger charge is -2.25. The third-order valence-corrected chi connectivity index (χ3v) is 4.55. The predicted molar refractivity (Wildman–Crippen MR) is 104 cm³/mol. The van der Waals surface area contributed by atoms with Crippen LogP contribution in [0.2, 0.25) is 0 Å². The van der Waals surface area contributed by atoms with E-state index in [1.807, 2.05) is 55.5 Å². The summed E-state index contributed by atoms with van der Waals surface area (Å²) in [7, 11) is 1.62. The summed E-state index contributed by atoms with van der Waals surface area (Å²) in [4.78, 5) is 0. The zero-order valence-electron chi connectivity index (χ0n) is 15.2. The molecule has 0 spiro atoms. The molecule has 3 N–H and O–H groups in total. The first-order chi connectivity index (χ1) is 13.0. The van der Waals surface area contributed by atoms with Gasteiger partial charge in [0.15, 0.2) is 11.6 Å². The standard InChI is InChI=1S/C22H22F2N2O/c1-14(16-8-11-20(23)21(24)13-16)26-22(17-4-3-5-18(25)12-17)15-6-9-19(27-2)10-7-15/h3-14,22,26H,25H2,1-2H3/t14-,22?/m0/s1. The van der Waals surface area contributed by atoms with Crippen molar-refractivity contribution < 1.29 is 13.5 Å². The highest BCUT2D eigenvalue weighted by Gasteiger charge is 2.19. The smallest absolute Gasteiger partial charge is 0.159 e. The van der Waals surface area contributed by atoms with E-state index in [2.05, 4.69) is 5.32 Å². The first kappa shape index (κ1) is 18.9. The van der Waals surface area contributed by atoms with Crippen molar-refractivity contribution in [3.63, 3.8) is 0 Å². The average Bonchev–Trinajstić information content (AvgIpc) is 2.68. The predicted octanol–water partition coefficient (Wildman–Crippen LogP) is 5.00. The number of nitrogens with two attached hydrogens (primary N) is 1. The fourth-order valence-corrected chi connectivity index (χ4v) is 3.05. The molecule has 0 saturated heterocycles. The normalized spacial score (nSPS) is 13.2. The van der Waals surface area contributed by atoms with Crippen molar-refractivity contribution in [3.8, 4) is 5.75 Å². The van der Waals surface area contributed by atoms with Crippen molar-refractivity contribution in [1.82, 2.24) is 5.32 Å². The zero-order valence-corrected chi connectivity index (χ0v) is 15.2. The molecule has 0 aliphatic rings. The van der Waals surface area contributed by atoms with Gasteiger partial charge in [0.1, 0.15) is 5.75 Å². The molecule has 3 aromatic carbocycles. The summed E-state index contributed by atoms with van der Waals surface area (Å²) >= 11 is 0. The summed E-state index contributed by atoms with van der Waals surface area (Å²) in [6.45, 7) is 1.91. The molecule has 27 heavy (non-hydrogen) atoms. The molecular formula is C22H22F2N2O. The van der Waals surface area contributed by atoms with Crippen molar-refractivity contribution in [2.75, 3.05) is 12.8 Å². The van der Waals surface area contributed by atoms with Crippen LogP contribution in [0.1, 0.15) is 35.7 Å². The molecule has 0 saturated carbocycles. The molecule has 0 heterocycles. The van der Waals surface area contributed by atoms with Crippen molar-refractivity contribution in [3.05, 3.63) is 95.1 Å². The summed E-state index contributed by atoms with van der Waals surface area (Å²) in [6, 6.07) is 18.9. The van der Waals surface area contributed by atoms with Crippen molar-refractivity contribution in [2.45, 2.75) is 19.0 Å². The molecule has 0 aliphatic carbocycles. The molecule has 0 radical (unpaired) electrons. The number of methoxy groups -OCH3 is 1. The molecule has 3 aromatic rings. The van der Waals surface area contributed by atoms with E-state index in [4.69, 9.17) is 10.5 Å². The number of halogens is 2. The first-order valence-electron chi connectivity index (χ1n) is 8.68. The Hall–Kier alpha value is -2.92. The lowest BCUT2D eigenvalue weighted by atomic mass is 9.96. The number of nitrogens with one attached hydrogen (secondary N) is 1. The Morgan fingerprint density at radius 3 is 2.19 bits per heavy atom. The Balaban J connectivity index is 1.94. The maximum atomic E-state index is 13.6. The summed E-state index contributed by atoms with van der Waals surface area (Å²) in [6.07, 6.45) is 0. The number of hydrogen-bond donors (Lipinski definition) is 2. The Morgan fingerprint density at radius 2 is 1.56 bits per heavy atom. The van der Waals surface area contributed by atoms with E-state index in [1.54, 1.807) is 13.2 Å². The summed E-state index contributed by atoms with van der Waals surface area (Å²) in [5.74, 6) is -0.946. The highest BCUT2D eigenvalue weighted by Crippen LogP contribution is 2.29. The Labute approximate surface area is 157 Å². The van der Waals surface area contributed by atoms with Gasteiger partial charge in [0, 0.05) is 11.7 Å². The Kier molecular flexibility index (Phi) is 5.72. The Bertz CT molecular complexity index is 912. The molecule has 3 nitrogen and oxygen atoms in total.